The molecule has 2 atom stereocenters. The number of rotatable bonds is 2. The van der Waals surface area contributed by atoms with E-state index in [1.54, 1.807) is 11.8 Å². The number of ether oxygens (including phenoxy) is 2. The molecule has 5 nitrogen and oxygen atoms in total. The zero-order valence-corrected chi connectivity index (χ0v) is 11.6. The number of methoxy groups -OCH3 is 1. The molecule has 116 valence electrons. The van der Waals surface area contributed by atoms with Crippen LogP contribution in [0.3, 0.4) is 0 Å². The van der Waals surface area contributed by atoms with E-state index < -0.39 is 23.8 Å². The molecule has 8 heteroatoms. The number of esters is 1. The molecule has 0 N–H and O–H groups in total. The van der Waals surface area contributed by atoms with Gasteiger partial charge in [0.05, 0.1) is 25.3 Å². The molecule has 1 saturated heterocycles. The summed E-state index contributed by atoms with van der Waals surface area (Å²) in [5, 5.41) is 0. The Hall–Kier alpha value is -1.83. The second-order valence-corrected chi connectivity index (χ2v) is 4.77. The van der Waals surface area contributed by atoms with E-state index in [1.807, 2.05) is 0 Å². The van der Waals surface area contributed by atoms with Crippen molar-refractivity contribution < 1.29 is 27.4 Å². The van der Waals surface area contributed by atoms with Crippen molar-refractivity contribution in [3.8, 4) is 0 Å². The molecule has 0 spiro atoms. The topological polar surface area (TPSA) is 51.7 Å². The van der Waals surface area contributed by atoms with Gasteiger partial charge < -0.3 is 14.4 Å². The van der Waals surface area contributed by atoms with Gasteiger partial charge in [-0.1, -0.05) is 0 Å². The van der Waals surface area contributed by atoms with Crippen molar-refractivity contribution in [3.05, 3.63) is 23.9 Å². The highest BCUT2D eigenvalue weighted by Crippen LogP contribution is 2.29. The fraction of sp³-hybridized carbons (Fsp3) is 0.538. The van der Waals surface area contributed by atoms with E-state index in [0.717, 1.165) is 12.3 Å². The highest BCUT2D eigenvalue weighted by atomic mass is 19.4. The first-order valence-electron chi connectivity index (χ1n) is 6.32. The molecule has 21 heavy (non-hydrogen) atoms. The van der Waals surface area contributed by atoms with E-state index in [1.165, 1.54) is 13.2 Å². The molecular formula is C13H15F3N2O3. The smallest absolute Gasteiger partial charge is 0.417 e. The van der Waals surface area contributed by atoms with Gasteiger partial charge in [0.2, 0.25) is 0 Å². The second kappa shape index (κ2) is 5.88. The van der Waals surface area contributed by atoms with Crippen molar-refractivity contribution in [2.24, 2.45) is 0 Å². The van der Waals surface area contributed by atoms with Crippen LogP contribution in [0.25, 0.3) is 0 Å². The molecule has 1 aromatic heterocycles. The number of halogens is 3. The van der Waals surface area contributed by atoms with Gasteiger partial charge in [0.25, 0.3) is 0 Å². The number of alkyl halides is 3. The van der Waals surface area contributed by atoms with Crippen LogP contribution in [0, 0.1) is 0 Å². The molecule has 0 saturated carbocycles. The highest BCUT2D eigenvalue weighted by molar-refractivity contribution is 5.75. The van der Waals surface area contributed by atoms with E-state index in [4.69, 9.17) is 4.74 Å². The maximum Gasteiger partial charge on any atom is 0.417 e. The molecule has 0 amide bonds. The third kappa shape index (κ3) is 3.63. The van der Waals surface area contributed by atoms with Gasteiger partial charge in [-0.25, -0.2) is 9.78 Å². The zero-order valence-electron chi connectivity index (χ0n) is 11.6. The number of carbonyl (C=O) groups excluding carboxylic acids is 1. The maximum atomic E-state index is 12.5. The van der Waals surface area contributed by atoms with Crippen LogP contribution < -0.4 is 4.90 Å². The van der Waals surface area contributed by atoms with Gasteiger partial charge in [-0.2, -0.15) is 13.2 Å². The Morgan fingerprint density at radius 1 is 1.43 bits per heavy atom. The third-order valence-corrected chi connectivity index (χ3v) is 3.12. The molecule has 1 fully saturated rings. The predicted molar refractivity (Wildman–Crippen MR) is 67.8 cm³/mol. The normalized spacial score (nSPS) is 23.0. The summed E-state index contributed by atoms with van der Waals surface area (Å²) in [5.41, 5.74) is -0.808. The molecule has 0 radical (unpaired) electrons. The lowest BCUT2D eigenvalue weighted by molar-refractivity contribution is -0.158. The van der Waals surface area contributed by atoms with Crippen molar-refractivity contribution >= 4 is 11.8 Å². The first-order valence-corrected chi connectivity index (χ1v) is 6.32. The number of morpholine rings is 1. The summed E-state index contributed by atoms with van der Waals surface area (Å²) in [5.74, 6) is -0.148. The van der Waals surface area contributed by atoms with Crippen molar-refractivity contribution in [3.63, 3.8) is 0 Å². The quantitative estimate of drug-likeness (QED) is 0.781. The lowest BCUT2D eigenvalue weighted by atomic mass is 10.2. The molecule has 1 aromatic rings. The molecule has 2 heterocycles. The Morgan fingerprint density at radius 2 is 2.14 bits per heavy atom. The van der Waals surface area contributed by atoms with Gasteiger partial charge in [-0.05, 0) is 19.1 Å². The van der Waals surface area contributed by atoms with E-state index in [9.17, 15) is 18.0 Å². The Kier molecular flexibility index (Phi) is 4.36. The number of nitrogens with zero attached hydrogens (tertiary/aromatic N) is 2. The van der Waals surface area contributed by atoms with Crippen LogP contribution in [-0.2, 0) is 20.4 Å². The zero-order chi connectivity index (χ0) is 15.6. The minimum absolute atomic E-state index is 0.190. The fourth-order valence-corrected chi connectivity index (χ4v) is 2.14. The van der Waals surface area contributed by atoms with Gasteiger partial charge in [0, 0.05) is 12.7 Å². The van der Waals surface area contributed by atoms with E-state index in [2.05, 4.69) is 9.72 Å². The number of hydrogen-bond donors (Lipinski definition) is 0. The molecule has 1 aliphatic heterocycles. The molecule has 2 rings (SSSR count). The summed E-state index contributed by atoms with van der Waals surface area (Å²) in [7, 11) is 1.26. The Bertz CT molecular complexity index is 504. The molecule has 0 unspecified atom stereocenters. The maximum absolute atomic E-state index is 12.5. The van der Waals surface area contributed by atoms with E-state index in [0.29, 0.717) is 12.4 Å². The number of pyridine rings is 1. The van der Waals surface area contributed by atoms with E-state index >= 15 is 0 Å². The van der Waals surface area contributed by atoms with Crippen molar-refractivity contribution in [2.45, 2.75) is 25.3 Å². The van der Waals surface area contributed by atoms with Crippen molar-refractivity contribution in [1.29, 1.82) is 0 Å². The average Bonchev–Trinajstić information content (AvgIpc) is 2.45. The first kappa shape index (κ1) is 15.6. The first-order chi connectivity index (χ1) is 9.81. The van der Waals surface area contributed by atoms with Crippen LogP contribution in [-0.4, -0.2) is 43.4 Å². The van der Waals surface area contributed by atoms with Crippen LogP contribution >= 0.6 is 0 Å². The van der Waals surface area contributed by atoms with Gasteiger partial charge in [-0.15, -0.1) is 0 Å². The molecule has 0 aliphatic carbocycles. The third-order valence-electron chi connectivity index (χ3n) is 3.12. The average molecular weight is 304 g/mol. The minimum atomic E-state index is -4.42. The highest BCUT2D eigenvalue weighted by Gasteiger charge is 2.33. The molecule has 1 aliphatic rings. The standard InChI is InChI=1S/C13H15F3N2O3/c1-8-6-18(7-10(21-8)12(19)20-2)11-4-3-9(5-17-11)13(14,15)16/h3-5,8,10H,6-7H2,1-2H3/t8-,10+/m1/s1. The Balaban J connectivity index is 2.15. The Morgan fingerprint density at radius 3 is 2.67 bits per heavy atom. The predicted octanol–water partition coefficient (Wildman–Crippen LogP) is 1.87. The van der Waals surface area contributed by atoms with Gasteiger partial charge in [0.1, 0.15) is 5.82 Å². The Labute approximate surface area is 119 Å². The van der Waals surface area contributed by atoms with Crippen LogP contribution in [0.4, 0.5) is 19.0 Å². The summed E-state index contributed by atoms with van der Waals surface area (Å²) >= 11 is 0. The number of carbonyl (C=O) groups is 1. The second-order valence-electron chi connectivity index (χ2n) is 4.77. The van der Waals surface area contributed by atoms with Gasteiger partial charge in [-0.3, -0.25) is 0 Å². The van der Waals surface area contributed by atoms with E-state index in [-0.39, 0.29) is 12.6 Å². The number of hydrogen-bond acceptors (Lipinski definition) is 5. The summed E-state index contributed by atoms with van der Waals surface area (Å²) in [6.45, 7) is 2.40. The van der Waals surface area contributed by atoms with Crippen LogP contribution in [0.2, 0.25) is 0 Å². The lowest BCUT2D eigenvalue weighted by Gasteiger charge is -2.36. The van der Waals surface area contributed by atoms with Crippen molar-refractivity contribution in [2.75, 3.05) is 25.1 Å². The summed E-state index contributed by atoms with van der Waals surface area (Å²) in [6.07, 6.45) is -4.67. The SMILES string of the molecule is COC(=O)[C@@H]1CN(c2ccc(C(F)(F)F)cn2)C[C@@H](C)O1. The van der Waals surface area contributed by atoms with Crippen LogP contribution in [0.5, 0.6) is 0 Å². The molecule has 0 bridgehead atoms. The molecule has 0 aromatic carbocycles. The number of anilines is 1. The summed E-state index contributed by atoms with van der Waals surface area (Å²) in [6, 6.07) is 2.25. The number of aromatic nitrogens is 1. The molecular weight excluding hydrogens is 289 g/mol. The van der Waals surface area contributed by atoms with Crippen molar-refractivity contribution in [1.82, 2.24) is 4.98 Å². The summed E-state index contributed by atoms with van der Waals surface area (Å²) < 4.78 is 47.6. The summed E-state index contributed by atoms with van der Waals surface area (Å²) in [4.78, 5) is 17.1. The minimum Gasteiger partial charge on any atom is -0.467 e. The van der Waals surface area contributed by atoms with Crippen LogP contribution in [0.1, 0.15) is 12.5 Å². The van der Waals surface area contributed by atoms with Gasteiger partial charge in [0.15, 0.2) is 6.10 Å². The van der Waals surface area contributed by atoms with Crippen LogP contribution in [0.15, 0.2) is 18.3 Å². The monoisotopic (exact) mass is 304 g/mol. The lowest BCUT2D eigenvalue weighted by Crippen LogP contribution is -2.50. The van der Waals surface area contributed by atoms with Gasteiger partial charge >= 0.3 is 12.1 Å². The fourth-order valence-electron chi connectivity index (χ4n) is 2.14. The largest absolute Gasteiger partial charge is 0.467 e.